The Hall–Kier alpha value is -3.02. The molecule has 1 N–H and O–H groups in total. The monoisotopic (exact) mass is 307 g/mol. The van der Waals surface area contributed by atoms with E-state index in [1.165, 1.54) is 5.56 Å². The van der Waals surface area contributed by atoms with Crippen LogP contribution in [0.1, 0.15) is 18.1 Å². The third kappa shape index (κ3) is 3.42. The first-order chi connectivity index (χ1) is 11.1. The van der Waals surface area contributed by atoms with Crippen LogP contribution in [0.2, 0.25) is 0 Å². The van der Waals surface area contributed by atoms with E-state index in [9.17, 15) is 4.79 Å². The van der Waals surface area contributed by atoms with Gasteiger partial charge >= 0.3 is 0 Å². The lowest BCUT2D eigenvalue weighted by Crippen LogP contribution is -2.24. The summed E-state index contributed by atoms with van der Waals surface area (Å²) in [6, 6.07) is 15.5. The standard InChI is InChI=1S/C17H17N5O/c1-12-7-9-14(10-8-12)13(2)18-20-17(23)11-22-16-6-4-3-5-15(16)19-21-22/h3-10H,11H2,1-2H3,(H,20,23)/b18-13-. The number of hydrogen-bond donors (Lipinski definition) is 1. The number of carbonyl (C=O) groups excluding carboxylic acids is 1. The van der Waals surface area contributed by atoms with E-state index in [1.807, 2.05) is 62.4 Å². The minimum absolute atomic E-state index is 0.0746. The first kappa shape index (κ1) is 14.9. The minimum atomic E-state index is -0.243. The molecule has 0 saturated carbocycles. The number of carbonyl (C=O) groups is 1. The van der Waals surface area contributed by atoms with Crippen molar-refractivity contribution in [1.29, 1.82) is 0 Å². The van der Waals surface area contributed by atoms with Gasteiger partial charge in [0.05, 0.1) is 11.2 Å². The molecule has 0 saturated heterocycles. The molecule has 0 spiro atoms. The van der Waals surface area contributed by atoms with Gasteiger partial charge in [-0.3, -0.25) is 4.79 Å². The number of aromatic nitrogens is 3. The van der Waals surface area contributed by atoms with Crippen molar-refractivity contribution in [3.05, 3.63) is 59.7 Å². The summed E-state index contributed by atoms with van der Waals surface area (Å²) < 4.78 is 1.56. The van der Waals surface area contributed by atoms with Crippen LogP contribution in [0.5, 0.6) is 0 Å². The van der Waals surface area contributed by atoms with Gasteiger partial charge < -0.3 is 0 Å². The number of nitrogens with one attached hydrogen (secondary N) is 1. The van der Waals surface area contributed by atoms with Crippen molar-refractivity contribution in [1.82, 2.24) is 20.4 Å². The molecule has 6 heteroatoms. The fourth-order valence-electron chi connectivity index (χ4n) is 2.21. The van der Waals surface area contributed by atoms with Crippen LogP contribution in [0.15, 0.2) is 53.6 Å². The highest BCUT2D eigenvalue weighted by Gasteiger charge is 2.08. The molecule has 0 aliphatic rings. The Morgan fingerprint density at radius 1 is 1.17 bits per heavy atom. The topological polar surface area (TPSA) is 72.2 Å². The van der Waals surface area contributed by atoms with Crippen LogP contribution in [-0.4, -0.2) is 26.6 Å². The number of hydrazone groups is 1. The van der Waals surface area contributed by atoms with Gasteiger partial charge in [0.25, 0.3) is 5.91 Å². The lowest BCUT2D eigenvalue weighted by atomic mass is 10.1. The zero-order valence-corrected chi connectivity index (χ0v) is 13.0. The summed E-state index contributed by atoms with van der Waals surface area (Å²) >= 11 is 0. The molecule has 0 aliphatic heterocycles. The van der Waals surface area contributed by atoms with Crippen LogP contribution < -0.4 is 5.43 Å². The predicted octanol–water partition coefficient (Wildman–Crippen LogP) is 2.28. The number of amides is 1. The number of nitrogens with zero attached hydrogens (tertiary/aromatic N) is 4. The Morgan fingerprint density at radius 2 is 1.91 bits per heavy atom. The van der Waals surface area contributed by atoms with Crippen LogP contribution in [0.25, 0.3) is 11.0 Å². The van der Waals surface area contributed by atoms with Crippen LogP contribution in [0, 0.1) is 6.92 Å². The molecule has 0 unspecified atom stereocenters. The number of fused-ring (bicyclic) bond motifs is 1. The Kier molecular flexibility index (Phi) is 4.14. The fourth-order valence-corrected chi connectivity index (χ4v) is 2.21. The molecule has 3 rings (SSSR count). The van der Waals surface area contributed by atoms with E-state index >= 15 is 0 Å². The van der Waals surface area contributed by atoms with Crippen LogP contribution >= 0.6 is 0 Å². The third-order valence-electron chi connectivity index (χ3n) is 3.53. The zero-order valence-electron chi connectivity index (χ0n) is 13.0. The van der Waals surface area contributed by atoms with Crippen molar-refractivity contribution in [2.24, 2.45) is 5.10 Å². The molecule has 6 nitrogen and oxygen atoms in total. The highest BCUT2D eigenvalue weighted by molar-refractivity contribution is 5.99. The van der Waals surface area contributed by atoms with E-state index in [4.69, 9.17) is 0 Å². The SMILES string of the molecule is C/C(=N/NC(=O)Cn1nnc2ccccc21)c1ccc(C)cc1. The molecule has 2 aromatic carbocycles. The average Bonchev–Trinajstić information content (AvgIpc) is 2.96. The summed E-state index contributed by atoms with van der Waals surface area (Å²) in [6.45, 7) is 3.96. The van der Waals surface area contributed by atoms with E-state index in [0.29, 0.717) is 0 Å². The summed E-state index contributed by atoms with van der Waals surface area (Å²) in [6.07, 6.45) is 0. The third-order valence-corrected chi connectivity index (χ3v) is 3.53. The van der Waals surface area contributed by atoms with Gasteiger partial charge in [0.2, 0.25) is 0 Å². The molecule has 1 aromatic heterocycles. The van der Waals surface area contributed by atoms with Gasteiger partial charge in [0.1, 0.15) is 12.1 Å². The Bertz CT molecular complexity index is 864. The normalized spacial score (nSPS) is 11.7. The molecule has 0 fully saturated rings. The summed E-state index contributed by atoms with van der Waals surface area (Å²) in [5.74, 6) is -0.243. The van der Waals surface area contributed by atoms with Gasteiger partial charge in [-0.2, -0.15) is 5.10 Å². The number of benzene rings is 2. The zero-order chi connectivity index (χ0) is 16.2. The molecular weight excluding hydrogens is 290 g/mol. The molecule has 0 aliphatic carbocycles. The Balaban J connectivity index is 1.67. The Labute approximate surface area is 133 Å². The van der Waals surface area contributed by atoms with Gasteiger partial charge in [-0.25, -0.2) is 10.1 Å². The van der Waals surface area contributed by atoms with Crippen molar-refractivity contribution >= 4 is 22.7 Å². The summed E-state index contributed by atoms with van der Waals surface area (Å²) in [4.78, 5) is 12.0. The molecular formula is C17H17N5O. The number of hydrogen-bond acceptors (Lipinski definition) is 4. The molecule has 0 bridgehead atoms. The van der Waals surface area contributed by atoms with Crippen LogP contribution in [-0.2, 0) is 11.3 Å². The number of para-hydroxylation sites is 1. The van der Waals surface area contributed by atoms with Gasteiger partial charge in [0.15, 0.2) is 0 Å². The van der Waals surface area contributed by atoms with Crippen molar-refractivity contribution in [3.63, 3.8) is 0 Å². The smallest absolute Gasteiger partial charge is 0.261 e. The lowest BCUT2D eigenvalue weighted by Gasteiger charge is -2.04. The fraction of sp³-hybridized carbons (Fsp3) is 0.176. The number of aryl methyl sites for hydroxylation is 1. The maximum absolute atomic E-state index is 12.0. The highest BCUT2D eigenvalue weighted by atomic mass is 16.2. The molecule has 23 heavy (non-hydrogen) atoms. The van der Waals surface area contributed by atoms with E-state index in [1.54, 1.807) is 4.68 Å². The van der Waals surface area contributed by atoms with E-state index in [0.717, 1.165) is 22.3 Å². The molecule has 3 aromatic rings. The predicted molar refractivity (Wildman–Crippen MR) is 89.1 cm³/mol. The van der Waals surface area contributed by atoms with Crippen molar-refractivity contribution in [3.8, 4) is 0 Å². The maximum atomic E-state index is 12.0. The van der Waals surface area contributed by atoms with Crippen molar-refractivity contribution < 1.29 is 4.79 Å². The molecule has 1 heterocycles. The summed E-state index contributed by atoms with van der Waals surface area (Å²) in [5.41, 5.74) is 7.05. The van der Waals surface area contributed by atoms with Gasteiger partial charge in [0, 0.05) is 0 Å². The minimum Gasteiger partial charge on any atom is -0.271 e. The highest BCUT2D eigenvalue weighted by Crippen LogP contribution is 2.09. The largest absolute Gasteiger partial charge is 0.271 e. The summed E-state index contributed by atoms with van der Waals surface area (Å²) in [7, 11) is 0. The van der Waals surface area contributed by atoms with Gasteiger partial charge in [-0.15, -0.1) is 5.10 Å². The maximum Gasteiger partial charge on any atom is 0.261 e. The van der Waals surface area contributed by atoms with Crippen molar-refractivity contribution in [2.75, 3.05) is 0 Å². The molecule has 0 atom stereocenters. The summed E-state index contributed by atoms with van der Waals surface area (Å²) in [5, 5.41) is 12.1. The molecule has 0 radical (unpaired) electrons. The van der Waals surface area contributed by atoms with Crippen LogP contribution in [0.3, 0.4) is 0 Å². The van der Waals surface area contributed by atoms with Gasteiger partial charge in [-0.1, -0.05) is 47.2 Å². The number of rotatable bonds is 4. The van der Waals surface area contributed by atoms with E-state index < -0.39 is 0 Å². The first-order valence-electron chi connectivity index (χ1n) is 7.32. The molecule has 116 valence electrons. The van der Waals surface area contributed by atoms with Gasteiger partial charge in [-0.05, 0) is 31.5 Å². The van der Waals surface area contributed by atoms with Crippen LogP contribution in [0.4, 0.5) is 0 Å². The first-order valence-corrected chi connectivity index (χ1v) is 7.32. The second kappa shape index (κ2) is 6.39. The molecule has 1 amide bonds. The van der Waals surface area contributed by atoms with E-state index in [-0.39, 0.29) is 12.5 Å². The lowest BCUT2D eigenvalue weighted by molar-refractivity contribution is -0.121. The quantitative estimate of drug-likeness (QED) is 0.593. The average molecular weight is 307 g/mol. The second-order valence-corrected chi connectivity index (χ2v) is 5.33. The Morgan fingerprint density at radius 3 is 2.70 bits per heavy atom. The van der Waals surface area contributed by atoms with E-state index in [2.05, 4.69) is 20.8 Å². The second-order valence-electron chi connectivity index (χ2n) is 5.33. The van der Waals surface area contributed by atoms with Crippen molar-refractivity contribution in [2.45, 2.75) is 20.4 Å².